The maximum atomic E-state index is 12.1. The number of aliphatic imine (C=N–C) groups is 1. The number of amides is 1. The van der Waals surface area contributed by atoms with Crippen LogP contribution < -0.4 is 5.32 Å². The zero-order chi connectivity index (χ0) is 16.0. The highest BCUT2D eigenvalue weighted by atomic mass is 127. The van der Waals surface area contributed by atoms with Gasteiger partial charge in [0.2, 0.25) is 5.91 Å². The predicted octanol–water partition coefficient (Wildman–Crippen LogP) is 2.41. The summed E-state index contributed by atoms with van der Waals surface area (Å²) in [6, 6.07) is 0. The van der Waals surface area contributed by atoms with Crippen LogP contribution in [0, 0.1) is 0 Å². The van der Waals surface area contributed by atoms with Crippen LogP contribution in [0.25, 0.3) is 0 Å². The first-order valence-corrected chi connectivity index (χ1v) is 9.45. The van der Waals surface area contributed by atoms with E-state index in [1.807, 2.05) is 16.7 Å². The molecule has 134 valence electrons. The van der Waals surface area contributed by atoms with Crippen molar-refractivity contribution in [2.24, 2.45) is 4.99 Å². The van der Waals surface area contributed by atoms with Crippen molar-refractivity contribution in [3.63, 3.8) is 0 Å². The largest absolute Gasteiger partial charge is 0.357 e. The summed E-state index contributed by atoms with van der Waals surface area (Å²) >= 11 is 2.02. The van der Waals surface area contributed by atoms with Crippen LogP contribution in [0.1, 0.15) is 40.0 Å². The number of guanidine groups is 1. The molecular formula is C16H31IN4OS. The SMILES string of the molecule is CCNC(=NCCC(=O)N1CCCC1)N1CCSC(C)(C)C1.I. The van der Waals surface area contributed by atoms with Gasteiger partial charge in [-0.15, -0.1) is 24.0 Å². The summed E-state index contributed by atoms with van der Waals surface area (Å²) in [6.45, 7) is 12.0. The van der Waals surface area contributed by atoms with Crippen molar-refractivity contribution in [3.05, 3.63) is 0 Å². The highest BCUT2D eigenvalue weighted by Gasteiger charge is 2.28. The van der Waals surface area contributed by atoms with Gasteiger partial charge < -0.3 is 15.1 Å². The molecule has 2 aliphatic heterocycles. The van der Waals surface area contributed by atoms with Crippen LogP contribution in [-0.2, 0) is 4.79 Å². The minimum absolute atomic E-state index is 0. The predicted molar refractivity (Wildman–Crippen MR) is 110 cm³/mol. The van der Waals surface area contributed by atoms with Crippen LogP contribution in [0.3, 0.4) is 0 Å². The van der Waals surface area contributed by atoms with Gasteiger partial charge in [-0.2, -0.15) is 11.8 Å². The van der Waals surface area contributed by atoms with Crippen LogP contribution in [0.15, 0.2) is 4.99 Å². The standard InChI is InChI=1S/C16H30N4OS.HI/c1-4-17-15(20-11-12-22-16(2,3)13-20)18-8-7-14(21)19-9-5-6-10-19;/h4-13H2,1-3H3,(H,17,18);1H. The van der Waals surface area contributed by atoms with Gasteiger partial charge >= 0.3 is 0 Å². The van der Waals surface area contributed by atoms with Gasteiger partial charge in [0.15, 0.2) is 5.96 Å². The van der Waals surface area contributed by atoms with Gasteiger partial charge in [-0.1, -0.05) is 0 Å². The van der Waals surface area contributed by atoms with Crippen LogP contribution in [-0.4, -0.2) is 71.4 Å². The van der Waals surface area contributed by atoms with Crippen molar-refractivity contribution < 1.29 is 4.79 Å². The van der Waals surface area contributed by atoms with Gasteiger partial charge in [-0.25, -0.2) is 0 Å². The van der Waals surface area contributed by atoms with E-state index in [0.717, 1.165) is 57.3 Å². The monoisotopic (exact) mass is 454 g/mol. The number of rotatable bonds is 4. The number of hydrogen-bond acceptors (Lipinski definition) is 3. The number of likely N-dealkylation sites (tertiary alicyclic amines) is 1. The maximum absolute atomic E-state index is 12.1. The molecule has 0 spiro atoms. The van der Waals surface area contributed by atoms with Crippen LogP contribution >= 0.6 is 35.7 Å². The summed E-state index contributed by atoms with van der Waals surface area (Å²) in [5, 5.41) is 3.38. The van der Waals surface area contributed by atoms with Crippen molar-refractivity contribution in [1.82, 2.24) is 15.1 Å². The Morgan fingerprint density at radius 1 is 1.22 bits per heavy atom. The van der Waals surface area contributed by atoms with Gasteiger partial charge in [0.05, 0.1) is 6.54 Å². The van der Waals surface area contributed by atoms with Crippen LogP contribution in [0.5, 0.6) is 0 Å². The molecule has 0 unspecified atom stereocenters. The normalized spacial score (nSPS) is 21.1. The first-order valence-electron chi connectivity index (χ1n) is 8.47. The lowest BCUT2D eigenvalue weighted by atomic mass is 10.2. The van der Waals surface area contributed by atoms with E-state index in [9.17, 15) is 4.79 Å². The Bertz CT molecular complexity index is 411. The molecule has 1 amide bonds. The fraction of sp³-hybridized carbons (Fsp3) is 0.875. The lowest BCUT2D eigenvalue weighted by Crippen LogP contribution is -2.51. The van der Waals surface area contributed by atoms with E-state index in [-0.39, 0.29) is 34.6 Å². The Labute approximate surface area is 162 Å². The maximum Gasteiger partial charge on any atom is 0.224 e. The van der Waals surface area contributed by atoms with Crippen molar-refractivity contribution in [2.75, 3.05) is 45.0 Å². The molecule has 0 aliphatic carbocycles. The fourth-order valence-corrected chi connectivity index (χ4v) is 4.12. The Hall–Kier alpha value is -0.180. The minimum Gasteiger partial charge on any atom is -0.357 e. The molecule has 0 saturated carbocycles. The molecule has 1 N–H and O–H groups in total. The second-order valence-corrected chi connectivity index (χ2v) is 8.41. The third-order valence-electron chi connectivity index (χ3n) is 4.11. The van der Waals surface area contributed by atoms with Gasteiger partial charge in [0.1, 0.15) is 0 Å². The van der Waals surface area contributed by atoms with Crippen LogP contribution in [0.4, 0.5) is 0 Å². The Balaban J connectivity index is 0.00000264. The zero-order valence-electron chi connectivity index (χ0n) is 14.6. The number of nitrogens with one attached hydrogen (secondary N) is 1. The number of thioether (sulfide) groups is 1. The number of carbonyl (C=O) groups is 1. The average molecular weight is 454 g/mol. The highest BCUT2D eigenvalue weighted by Crippen LogP contribution is 2.29. The molecule has 2 heterocycles. The summed E-state index contributed by atoms with van der Waals surface area (Å²) in [5.74, 6) is 2.35. The Kier molecular flexibility index (Phi) is 9.03. The van der Waals surface area contributed by atoms with E-state index in [2.05, 4.69) is 36.0 Å². The molecule has 2 aliphatic rings. The average Bonchev–Trinajstić information content (AvgIpc) is 2.99. The van der Waals surface area contributed by atoms with Crippen molar-refractivity contribution in [2.45, 2.75) is 44.8 Å². The number of carbonyl (C=O) groups excluding carboxylic acids is 1. The van der Waals surface area contributed by atoms with Gasteiger partial charge in [-0.3, -0.25) is 9.79 Å². The van der Waals surface area contributed by atoms with Gasteiger partial charge in [-0.05, 0) is 33.6 Å². The van der Waals surface area contributed by atoms with Crippen molar-refractivity contribution >= 4 is 47.6 Å². The van der Waals surface area contributed by atoms with Crippen molar-refractivity contribution in [3.8, 4) is 0 Å². The van der Waals surface area contributed by atoms with Gasteiger partial charge in [0, 0.05) is 49.6 Å². The molecule has 2 fully saturated rings. The fourth-order valence-electron chi connectivity index (χ4n) is 3.01. The van der Waals surface area contributed by atoms with E-state index >= 15 is 0 Å². The summed E-state index contributed by atoms with van der Waals surface area (Å²) in [7, 11) is 0. The zero-order valence-corrected chi connectivity index (χ0v) is 17.8. The number of nitrogens with zero attached hydrogens (tertiary/aromatic N) is 3. The molecule has 23 heavy (non-hydrogen) atoms. The minimum atomic E-state index is 0. The molecule has 2 rings (SSSR count). The quantitative estimate of drug-likeness (QED) is 0.403. The summed E-state index contributed by atoms with van der Waals surface area (Å²) in [6.07, 6.45) is 2.83. The van der Waals surface area contributed by atoms with E-state index in [4.69, 9.17) is 0 Å². The van der Waals surface area contributed by atoms with E-state index in [1.165, 1.54) is 0 Å². The molecule has 7 heteroatoms. The van der Waals surface area contributed by atoms with E-state index in [0.29, 0.717) is 13.0 Å². The second-order valence-electron chi connectivity index (χ2n) is 6.60. The molecule has 0 radical (unpaired) electrons. The lowest BCUT2D eigenvalue weighted by molar-refractivity contribution is -0.129. The number of halogens is 1. The molecule has 0 aromatic carbocycles. The molecule has 0 bridgehead atoms. The third-order valence-corrected chi connectivity index (χ3v) is 5.40. The first kappa shape index (κ1) is 20.9. The smallest absolute Gasteiger partial charge is 0.224 e. The summed E-state index contributed by atoms with van der Waals surface area (Å²) < 4.78 is 0.264. The second kappa shape index (κ2) is 9.96. The van der Waals surface area contributed by atoms with E-state index < -0.39 is 0 Å². The number of hydrogen-bond donors (Lipinski definition) is 1. The molecule has 0 atom stereocenters. The Morgan fingerprint density at radius 3 is 2.52 bits per heavy atom. The molecular weight excluding hydrogens is 423 g/mol. The third kappa shape index (κ3) is 6.68. The van der Waals surface area contributed by atoms with E-state index in [1.54, 1.807) is 0 Å². The Morgan fingerprint density at radius 2 is 1.91 bits per heavy atom. The highest BCUT2D eigenvalue weighted by molar-refractivity contribution is 14.0. The topological polar surface area (TPSA) is 47.9 Å². The lowest BCUT2D eigenvalue weighted by Gasteiger charge is -2.39. The molecule has 2 saturated heterocycles. The summed E-state index contributed by atoms with van der Waals surface area (Å²) in [5.41, 5.74) is 0. The summed E-state index contributed by atoms with van der Waals surface area (Å²) in [4.78, 5) is 21.1. The van der Waals surface area contributed by atoms with Crippen LogP contribution in [0.2, 0.25) is 0 Å². The molecule has 0 aromatic rings. The molecule has 0 aromatic heterocycles. The first-order chi connectivity index (χ1) is 10.5. The van der Waals surface area contributed by atoms with Gasteiger partial charge in [0.25, 0.3) is 0 Å². The molecule has 5 nitrogen and oxygen atoms in total. The van der Waals surface area contributed by atoms with Crippen molar-refractivity contribution in [1.29, 1.82) is 0 Å².